The molecule has 2 atom stereocenters. The van der Waals surface area contributed by atoms with Crippen molar-refractivity contribution in [3.8, 4) is 5.75 Å². The maximum absolute atomic E-state index is 11.8. The first-order valence-electron chi connectivity index (χ1n) is 7.31. The van der Waals surface area contributed by atoms with Crippen molar-refractivity contribution in [3.63, 3.8) is 0 Å². The molecule has 1 aliphatic carbocycles. The van der Waals surface area contributed by atoms with Gasteiger partial charge in [0, 0.05) is 6.54 Å². The minimum atomic E-state index is -0.740. The molecule has 1 aromatic rings. The molecule has 116 valence electrons. The lowest BCUT2D eigenvalue weighted by atomic mass is 10.1. The van der Waals surface area contributed by atoms with Gasteiger partial charge in [0.25, 0.3) is 0 Å². The molecule has 1 aromatic carbocycles. The fourth-order valence-electron chi connectivity index (χ4n) is 1.93. The fourth-order valence-corrected chi connectivity index (χ4v) is 1.93. The molecule has 1 amide bonds. The second-order valence-corrected chi connectivity index (χ2v) is 5.45. The van der Waals surface area contributed by atoms with E-state index in [1.54, 1.807) is 38.3 Å². The number of aliphatic hydroxyl groups is 1. The van der Waals surface area contributed by atoms with Gasteiger partial charge in [0.1, 0.15) is 11.9 Å². The lowest BCUT2D eigenvalue weighted by Gasteiger charge is -2.16. The first-order chi connectivity index (χ1) is 10.1. The number of rotatable bonds is 8. The summed E-state index contributed by atoms with van der Waals surface area (Å²) in [5.41, 5.74) is 0.739. The summed E-state index contributed by atoms with van der Waals surface area (Å²) in [5, 5.41) is 12.8. The fraction of sp³-hybridized carbons (Fsp3) is 0.562. The van der Waals surface area contributed by atoms with E-state index in [-0.39, 0.29) is 12.5 Å². The largest absolute Gasteiger partial charge is 0.497 e. The number of carbonyl (C=O) groups excluding carboxylic acids is 1. The Bertz CT molecular complexity index is 456. The van der Waals surface area contributed by atoms with Gasteiger partial charge in [0.05, 0.1) is 19.8 Å². The molecule has 2 unspecified atom stereocenters. The van der Waals surface area contributed by atoms with Crippen LogP contribution in [-0.2, 0) is 9.53 Å². The van der Waals surface area contributed by atoms with Crippen LogP contribution in [0.5, 0.6) is 5.75 Å². The summed E-state index contributed by atoms with van der Waals surface area (Å²) in [5.74, 6) is 1.17. The molecule has 0 bridgehead atoms. The van der Waals surface area contributed by atoms with Crippen molar-refractivity contribution in [1.29, 1.82) is 0 Å². The molecule has 0 saturated heterocycles. The normalized spacial score (nSPS) is 17.1. The van der Waals surface area contributed by atoms with E-state index in [1.807, 2.05) is 0 Å². The van der Waals surface area contributed by atoms with Gasteiger partial charge < -0.3 is 19.9 Å². The average molecular weight is 293 g/mol. The molecule has 1 fully saturated rings. The van der Waals surface area contributed by atoms with Gasteiger partial charge in [0.15, 0.2) is 0 Å². The van der Waals surface area contributed by atoms with E-state index in [1.165, 1.54) is 12.8 Å². The predicted octanol–water partition coefficient (Wildman–Crippen LogP) is 1.66. The molecule has 1 saturated carbocycles. The monoisotopic (exact) mass is 293 g/mol. The van der Waals surface area contributed by atoms with E-state index >= 15 is 0 Å². The molecule has 5 heteroatoms. The van der Waals surface area contributed by atoms with Crippen LogP contribution in [0.2, 0.25) is 0 Å². The maximum atomic E-state index is 11.8. The quantitative estimate of drug-likeness (QED) is 0.765. The summed E-state index contributed by atoms with van der Waals surface area (Å²) in [6, 6.07) is 7.12. The van der Waals surface area contributed by atoms with E-state index < -0.39 is 12.2 Å². The summed E-state index contributed by atoms with van der Waals surface area (Å²) in [6.07, 6.45) is 1.18. The molecule has 0 aliphatic heterocycles. The highest BCUT2D eigenvalue weighted by Gasteiger charge is 2.24. The van der Waals surface area contributed by atoms with Crippen LogP contribution in [0.25, 0.3) is 0 Å². The summed E-state index contributed by atoms with van der Waals surface area (Å²) >= 11 is 0. The number of carbonyl (C=O) groups is 1. The Kier molecular flexibility index (Phi) is 5.59. The standard InChI is InChI=1S/C16H23NO4/c1-11(21-10-12-3-4-12)16(19)17-9-15(18)13-5-7-14(20-2)8-6-13/h5-8,11-12,15,18H,3-4,9-10H2,1-2H3,(H,17,19). The summed E-state index contributed by atoms with van der Waals surface area (Å²) in [4.78, 5) is 11.8. The molecule has 0 radical (unpaired) electrons. The Morgan fingerprint density at radius 1 is 1.38 bits per heavy atom. The minimum Gasteiger partial charge on any atom is -0.497 e. The Labute approximate surface area is 125 Å². The first kappa shape index (κ1) is 15.8. The van der Waals surface area contributed by atoms with Crippen molar-refractivity contribution in [2.45, 2.75) is 32.0 Å². The van der Waals surface area contributed by atoms with Crippen molar-refractivity contribution >= 4 is 5.91 Å². The second-order valence-electron chi connectivity index (χ2n) is 5.45. The van der Waals surface area contributed by atoms with Crippen LogP contribution in [0.4, 0.5) is 0 Å². The van der Waals surface area contributed by atoms with E-state index in [2.05, 4.69) is 5.32 Å². The molecule has 2 rings (SSSR count). The van der Waals surface area contributed by atoms with E-state index in [0.29, 0.717) is 12.5 Å². The first-order valence-corrected chi connectivity index (χ1v) is 7.31. The highest BCUT2D eigenvalue weighted by molar-refractivity contribution is 5.80. The number of ether oxygens (including phenoxy) is 2. The van der Waals surface area contributed by atoms with E-state index in [9.17, 15) is 9.90 Å². The number of aliphatic hydroxyl groups excluding tert-OH is 1. The van der Waals surface area contributed by atoms with Crippen LogP contribution in [0.15, 0.2) is 24.3 Å². The van der Waals surface area contributed by atoms with Crippen LogP contribution < -0.4 is 10.1 Å². The molecular weight excluding hydrogens is 270 g/mol. The van der Waals surface area contributed by atoms with Crippen molar-refractivity contribution in [3.05, 3.63) is 29.8 Å². The van der Waals surface area contributed by atoms with Crippen molar-refractivity contribution in [1.82, 2.24) is 5.32 Å². The maximum Gasteiger partial charge on any atom is 0.248 e. The number of benzene rings is 1. The molecule has 0 heterocycles. The lowest BCUT2D eigenvalue weighted by Crippen LogP contribution is -2.37. The van der Waals surface area contributed by atoms with Crippen LogP contribution in [0.3, 0.4) is 0 Å². The zero-order chi connectivity index (χ0) is 15.2. The molecule has 0 aromatic heterocycles. The molecule has 5 nitrogen and oxygen atoms in total. The number of hydrogen-bond acceptors (Lipinski definition) is 4. The summed E-state index contributed by atoms with van der Waals surface area (Å²) in [6.45, 7) is 2.55. The van der Waals surface area contributed by atoms with Gasteiger partial charge in [-0.25, -0.2) is 0 Å². The van der Waals surface area contributed by atoms with E-state index in [0.717, 1.165) is 11.3 Å². The lowest BCUT2D eigenvalue weighted by molar-refractivity contribution is -0.132. The van der Waals surface area contributed by atoms with Gasteiger partial charge in [-0.1, -0.05) is 12.1 Å². The SMILES string of the molecule is COc1ccc(C(O)CNC(=O)C(C)OCC2CC2)cc1. The van der Waals surface area contributed by atoms with Crippen molar-refractivity contribution in [2.24, 2.45) is 5.92 Å². The third kappa shape index (κ3) is 5.02. The third-order valence-electron chi connectivity index (χ3n) is 3.62. The van der Waals surface area contributed by atoms with E-state index in [4.69, 9.17) is 9.47 Å². The number of amides is 1. The highest BCUT2D eigenvalue weighted by atomic mass is 16.5. The zero-order valence-electron chi connectivity index (χ0n) is 12.5. The van der Waals surface area contributed by atoms with Gasteiger partial charge in [0.2, 0.25) is 5.91 Å². The Hall–Kier alpha value is -1.59. The number of methoxy groups -OCH3 is 1. The highest BCUT2D eigenvalue weighted by Crippen LogP contribution is 2.29. The van der Waals surface area contributed by atoms with Crippen molar-refractivity contribution in [2.75, 3.05) is 20.3 Å². The average Bonchev–Trinajstić information content (AvgIpc) is 3.34. The molecule has 21 heavy (non-hydrogen) atoms. The van der Waals surface area contributed by atoms with Gasteiger partial charge in [-0.05, 0) is 43.4 Å². The Balaban J connectivity index is 1.73. The Morgan fingerprint density at radius 2 is 2.05 bits per heavy atom. The Morgan fingerprint density at radius 3 is 2.62 bits per heavy atom. The smallest absolute Gasteiger partial charge is 0.248 e. The molecule has 2 N–H and O–H groups in total. The van der Waals surface area contributed by atoms with Gasteiger partial charge in [-0.3, -0.25) is 4.79 Å². The van der Waals surface area contributed by atoms with Crippen LogP contribution in [0.1, 0.15) is 31.4 Å². The van der Waals surface area contributed by atoms with Crippen LogP contribution in [0, 0.1) is 5.92 Å². The molecule has 0 spiro atoms. The third-order valence-corrected chi connectivity index (χ3v) is 3.62. The second kappa shape index (κ2) is 7.43. The number of nitrogens with one attached hydrogen (secondary N) is 1. The van der Waals surface area contributed by atoms with Crippen molar-refractivity contribution < 1.29 is 19.4 Å². The predicted molar refractivity (Wildman–Crippen MR) is 79.1 cm³/mol. The number of hydrogen-bond donors (Lipinski definition) is 2. The van der Waals surface area contributed by atoms with Gasteiger partial charge in [-0.15, -0.1) is 0 Å². The summed E-state index contributed by atoms with van der Waals surface area (Å²) in [7, 11) is 1.59. The van der Waals surface area contributed by atoms with Gasteiger partial charge >= 0.3 is 0 Å². The summed E-state index contributed by atoms with van der Waals surface area (Å²) < 4.78 is 10.5. The minimum absolute atomic E-state index is 0.169. The molecule has 1 aliphatic rings. The molecular formula is C16H23NO4. The van der Waals surface area contributed by atoms with Crippen LogP contribution >= 0.6 is 0 Å². The van der Waals surface area contributed by atoms with Crippen LogP contribution in [-0.4, -0.2) is 37.4 Å². The zero-order valence-corrected chi connectivity index (χ0v) is 12.5. The topological polar surface area (TPSA) is 67.8 Å². The van der Waals surface area contributed by atoms with Gasteiger partial charge in [-0.2, -0.15) is 0 Å².